The van der Waals surface area contributed by atoms with Crippen LogP contribution in [0, 0.1) is 29.1 Å². The Kier molecular flexibility index (Phi) is 7.33. The summed E-state index contributed by atoms with van der Waals surface area (Å²) in [7, 11) is 1.43. The first-order valence-electron chi connectivity index (χ1n) is 11.7. The van der Waals surface area contributed by atoms with Crippen LogP contribution in [0.25, 0.3) is 16.8 Å². The summed E-state index contributed by atoms with van der Waals surface area (Å²) in [5.41, 5.74) is -0.226. The van der Waals surface area contributed by atoms with E-state index in [2.05, 4.69) is 21.0 Å². The van der Waals surface area contributed by atoms with Gasteiger partial charge in [0.15, 0.2) is 34.8 Å². The van der Waals surface area contributed by atoms with Crippen molar-refractivity contribution >= 4 is 50.1 Å². The molecule has 0 saturated heterocycles. The first-order chi connectivity index (χ1) is 19.1. The Hall–Kier alpha value is -4.25. The van der Waals surface area contributed by atoms with Crippen LogP contribution in [0.15, 0.2) is 69.7 Å². The maximum absolute atomic E-state index is 14.4. The van der Waals surface area contributed by atoms with Crippen molar-refractivity contribution in [3.05, 3.63) is 105 Å². The van der Waals surface area contributed by atoms with Gasteiger partial charge in [0.2, 0.25) is 5.82 Å². The lowest BCUT2D eigenvalue weighted by Gasteiger charge is -2.15. The number of fused-ring (bicyclic) bond motifs is 1. The molecule has 0 saturated carbocycles. The highest BCUT2D eigenvalue weighted by atomic mass is 79.9. The average Bonchev–Trinajstić information content (AvgIpc) is 3.23. The van der Waals surface area contributed by atoms with E-state index in [1.54, 1.807) is 12.1 Å². The highest BCUT2D eigenvalue weighted by Gasteiger charge is 2.37. The first-order valence-corrected chi connectivity index (χ1v) is 12.5. The van der Waals surface area contributed by atoms with Gasteiger partial charge in [-0.1, -0.05) is 58.4 Å². The second kappa shape index (κ2) is 10.7. The topological polar surface area (TPSA) is 51.1 Å². The Labute approximate surface area is 233 Å². The van der Waals surface area contributed by atoms with Crippen LogP contribution in [0.5, 0.6) is 11.5 Å². The van der Waals surface area contributed by atoms with Crippen molar-refractivity contribution in [2.24, 2.45) is 5.10 Å². The summed E-state index contributed by atoms with van der Waals surface area (Å²) in [6.07, 6.45) is 1.36. The molecule has 1 aliphatic heterocycles. The molecule has 5 rings (SSSR count). The summed E-state index contributed by atoms with van der Waals surface area (Å²) in [6, 6.07) is 17.0. The number of nitrogens with zero attached hydrogens (tertiary/aromatic N) is 2. The third kappa shape index (κ3) is 4.70. The van der Waals surface area contributed by atoms with Crippen molar-refractivity contribution in [1.29, 1.82) is 0 Å². The Morgan fingerprint density at radius 3 is 2.25 bits per heavy atom. The number of rotatable bonds is 6. The van der Waals surface area contributed by atoms with Crippen LogP contribution in [0.4, 0.5) is 27.6 Å². The van der Waals surface area contributed by atoms with Crippen LogP contribution in [0.2, 0.25) is 0 Å². The molecule has 1 aliphatic rings. The number of amides is 1. The molecule has 1 heterocycles. The highest BCUT2D eigenvalue weighted by molar-refractivity contribution is 9.10. The monoisotopic (exact) mass is 616 g/mol. The summed E-state index contributed by atoms with van der Waals surface area (Å²) >= 11 is 3.43. The summed E-state index contributed by atoms with van der Waals surface area (Å²) < 4.78 is 81.7. The van der Waals surface area contributed by atoms with Gasteiger partial charge in [0.1, 0.15) is 12.3 Å². The number of methoxy groups -OCH3 is 1. The van der Waals surface area contributed by atoms with Crippen LogP contribution in [-0.2, 0) is 11.4 Å². The standard InChI is InChI=1S/C29H18BrF5N2O3/c1-14-19(29(38)37(36-14)28-26(34)24(32)23(31)25(33)27(28)35)10-17-11-21(39-2)22(12-20(17)30)40-13-16-8-5-7-15-6-3-4-9-18(15)16/h3-12H,13H2,1-2H3/b19-10+. The molecule has 0 bridgehead atoms. The molecule has 4 aromatic carbocycles. The van der Waals surface area contributed by atoms with Crippen molar-refractivity contribution in [2.45, 2.75) is 13.5 Å². The number of ether oxygens (including phenoxy) is 2. The third-order valence-corrected chi connectivity index (χ3v) is 6.99. The molecule has 0 atom stereocenters. The van der Waals surface area contributed by atoms with E-state index in [0.29, 0.717) is 21.5 Å². The summed E-state index contributed by atoms with van der Waals surface area (Å²) in [6.45, 7) is 1.61. The summed E-state index contributed by atoms with van der Waals surface area (Å²) in [4.78, 5) is 13.0. The molecule has 0 radical (unpaired) electrons. The largest absolute Gasteiger partial charge is 0.493 e. The molecule has 0 fully saturated rings. The molecular weight excluding hydrogens is 599 g/mol. The molecule has 40 heavy (non-hydrogen) atoms. The maximum atomic E-state index is 14.4. The molecular formula is C29H18BrF5N2O3. The van der Waals surface area contributed by atoms with Gasteiger partial charge in [-0.15, -0.1) is 0 Å². The molecule has 0 N–H and O–H groups in total. The quantitative estimate of drug-likeness (QED) is 0.0966. The van der Waals surface area contributed by atoms with Crippen LogP contribution in [0.3, 0.4) is 0 Å². The molecule has 4 aromatic rings. The smallest absolute Gasteiger partial charge is 0.280 e. The van der Waals surface area contributed by atoms with Gasteiger partial charge in [0.05, 0.1) is 18.4 Å². The SMILES string of the molecule is COc1cc(/C=C2/C(=O)N(c3c(F)c(F)c(F)c(F)c3F)N=C2C)c(Br)cc1OCc1cccc2ccccc12. The number of halogens is 6. The fourth-order valence-electron chi connectivity index (χ4n) is 4.28. The zero-order valence-electron chi connectivity index (χ0n) is 20.9. The number of carbonyl (C=O) groups is 1. The molecule has 204 valence electrons. The number of hydrogen-bond acceptors (Lipinski definition) is 4. The predicted molar refractivity (Wildman–Crippen MR) is 144 cm³/mol. The first kappa shape index (κ1) is 27.3. The number of benzene rings is 4. The van der Waals surface area contributed by atoms with Crippen molar-refractivity contribution in [3.63, 3.8) is 0 Å². The van der Waals surface area contributed by atoms with Gasteiger partial charge in [-0.3, -0.25) is 4.79 Å². The predicted octanol–water partition coefficient (Wildman–Crippen LogP) is 7.69. The molecule has 1 amide bonds. The van der Waals surface area contributed by atoms with Gasteiger partial charge in [0.25, 0.3) is 5.91 Å². The van der Waals surface area contributed by atoms with Crippen molar-refractivity contribution in [1.82, 2.24) is 0 Å². The van der Waals surface area contributed by atoms with Crippen molar-refractivity contribution in [2.75, 3.05) is 12.1 Å². The van der Waals surface area contributed by atoms with E-state index in [1.165, 1.54) is 20.1 Å². The molecule has 0 spiro atoms. The average molecular weight is 617 g/mol. The minimum Gasteiger partial charge on any atom is -0.493 e. The summed E-state index contributed by atoms with van der Waals surface area (Å²) in [5.74, 6) is -11.4. The van der Waals surface area contributed by atoms with Gasteiger partial charge in [-0.25, -0.2) is 22.0 Å². The highest BCUT2D eigenvalue weighted by Crippen LogP contribution is 2.38. The normalized spacial score (nSPS) is 14.3. The number of hydrazone groups is 1. The van der Waals surface area contributed by atoms with Crippen LogP contribution < -0.4 is 14.5 Å². The Balaban J connectivity index is 1.45. The second-order valence-corrected chi connectivity index (χ2v) is 9.58. The van der Waals surface area contributed by atoms with E-state index >= 15 is 0 Å². The van der Waals surface area contributed by atoms with E-state index < -0.39 is 40.7 Å². The minimum absolute atomic E-state index is 0.00362. The van der Waals surface area contributed by atoms with Gasteiger partial charge >= 0.3 is 0 Å². The van der Waals surface area contributed by atoms with E-state index in [-0.39, 0.29) is 22.9 Å². The molecule has 0 unspecified atom stereocenters. The number of carbonyl (C=O) groups excluding carboxylic acids is 1. The van der Waals surface area contributed by atoms with Crippen molar-refractivity contribution in [3.8, 4) is 11.5 Å². The van der Waals surface area contributed by atoms with Crippen LogP contribution >= 0.6 is 15.9 Å². The van der Waals surface area contributed by atoms with Gasteiger partial charge in [-0.05, 0) is 47.0 Å². The number of hydrogen-bond donors (Lipinski definition) is 0. The van der Waals surface area contributed by atoms with E-state index in [0.717, 1.165) is 16.3 Å². The third-order valence-electron chi connectivity index (χ3n) is 6.31. The second-order valence-electron chi connectivity index (χ2n) is 8.73. The lowest BCUT2D eigenvalue weighted by atomic mass is 10.1. The van der Waals surface area contributed by atoms with E-state index in [1.807, 2.05) is 42.5 Å². The molecule has 11 heteroatoms. The van der Waals surface area contributed by atoms with E-state index in [9.17, 15) is 26.7 Å². The van der Waals surface area contributed by atoms with Gasteiger partial charge in [0, 0.05) is 4.47 Å². The molecule has 5 nitrogen and oxygen atoms in total. The Morgan fingerprint density at radius 1 is 0.900 bits per heavy atom. The van der Waals surface area contributed by atoms with E-state index in [4.69, 9.17) is 9.47 Å². The lowest BCUT2D eigenvalue weighted by molar-refractivity contribution is -0.114. The summed E-state index contributed by atoms with van der Waals surface area (Å²) in [5, 5.41) is 6.02. The maximum Gasteiger partial charge on any atom is 0.280 e. The number of anilines is 1. The van der Waals surface area contributed by atoms with Crippen molar-refractivity contribution < 1.29 is 36.2 Å². The fourth-order valence-corrected chi connectivity index (χ4v) is 4.72. The zero-order valence-corrected chi connectivity index (χ0v) is 22.5. The van der Waals surface area contributed by atoms with Crippen LogP contribution in [-0.4, -0.2) is 18.7 Å². The lowest BCUT2D eigenvalue weighted by Crippen LogP contribution is -2.25. The van der Waals surface area contributed by atoms with Gasteiger partial charge in [-0.2, -0.15) is 10.1 Å². The van der Waals surface area contributed by atoms with Crippen LogP contribution in [0.1, 0.15) is 18.1 Å². The fraction of sp³-hybridized carbons (Fsp3) is 0.103. The Bertz CT molecular complexity index is 1720. The Morgan fingerprint density at radius 2 is 1.55 bits per heavy atom. The molecule has 0 aliphatic carbocycles. The molecule has 0 aromatic heterocycles. The van der Waals surface area contributed by atoms with Gasteiger partial charge < -0.3 is 9.47 Å². The zero-order chi connectivity index (χ0) is 28.7. The minimum atomic E-state index is -2.33.